The molecule has 2 amide bonds. The molecule has 0 atom stereocenters. The second kappa shape index (κ2) is 6.43. The number of carbonyl (C=O) groups is 2. The molecule has 6 heteroatoms. The number of benzene rings is 1. The molecule has 1 fully saturated rings. The summed E-state index contributed by atoms with van der Waals surface area (Å²) in [4.78, 5) is 23.9. The summed E-state index contributed by atoms with van der Waals surface area (Å²) < 4.78 is 0. The zero-order chi connectivity index (χ0) is 15.4. The standard InChI is InChI=1S/C16H18N4O2/c21-15(12-8-4-5-9-12)19-20-16(22)14-10-13(17-18-14)11-6-2-1-3-7-11/h1-3,6-7,10,12H,4-5,8-9H2,(H,17,18)(H,19,21)(H,20,22). The zero-order valence-corrected chi connectivity index (χ0v) is 12.1. The van der Waals surface area contributed by atoms with E-state index in [1.165, 1.54) is 0 Å². The van der Waals surface area contributed by atoms with Gasteiger partial charge in [-0.25, -0.2) is 0 Å². The van der Waals surface area contributed by atoms with E-state index in [-0.39, 0.29) is 11.8 Å². The summed E-state index contributed by atoms with van der Waals surface area (Å²) in [6, 6.07) is 11.2. The first kappa shape index (κ1) is 14.3. The summed E-state index contributed by atoms with van der Waals surface area (Å²) in [5, 5.41) is 6.80. The fourth-order valence-corrected chi connectivity index (χ4v) is 2.67. The van der Waals surface area contributed by atoms with E-state index in [1.54, 1.807) is 6.07 Å². The van der Waals surface area contributed by atoms with Gasteiger partial charge in [-0.15, -0.1) is 0 Å². The van der Waals surface area contributed by atoms with Crippen molar-refractivity contribution < 1.29 is 9.59 Å². The minimum Gasteiger partial charge on any atom is -0.273 e. The third-order valence-electron chi connectivity index (χ3n) is 3.92. The van der Waals surface area contributed by atoms with Gasteiger partial charge in [-0.1, -0.05) is 43.2 Å². The lowest BCUT2D eigenvalue weighted by molar-refractivity contribution is -0.125. The Labute approximate surface area is 128 Å². The second-order valence-corrected chi connectivity index (χ2v) is 5.46. The number of aromatic nitrogens is 2. The molecule has 1 aromatic heterocycles. The van der Waals surface area contributed by atoms with Gasteiger partial charge in [0.1, 0.15) is 5.69 Å². The van der Waals surface area contributed by atoms with Crippen LogP contribution in [0.15, 0.2) is 36.4 Å². The molecular formula is C16H18N4O2. The number of carbonyl (C=O) groups excluding carboxylic acids is 2. The minimum absolute atomic E-state index is 0.0157. The summed E-state index contributed by atoms with van der Waals surface area (Å²) >= 11 is 0. The van der Waals surface area contributed by atoms with Crippen LogP contribution < -0.4 is 10.9 Å². The number of hydrogen-bond donors (Lipinski definition) is 3. The van der Waals surface area contributed by atoms with Crippen molar-refractivity contribution in [2.45, 2.75) is 25.7 Å². The van der Waals surface area contributed by atoms with E-state index in [0.717, 1.165) is 31.2 Å². The lowest BCUT2D eigenvalue weighted by Crippen LogP contribution is -2.44. The van der Waals surface area contributed by atoms with E-state index in [4.69, 9.17) is 0 Å². The zero-order valence-electron chi connectivity index (χ0n) is 12.1. The predicted octanol–water partition coefficient (Wildman–Crippen LogP) is 2.03. The fraction of sp³-hybridized carbons (Fsp3) is 0.312. The van der Waals surface area contributed by atoms with Gasteiger partial charge in [0.25, 0.3) is 5.91 Å². The number of aromatic amines is 1. The molecule has 3 N–H and O–H groups in total. The van der Waals surface area contributed by atoms with Crippen LogP contribution in [0.3, 0.4) is 0 Å². The van der Waals surface area contributed by atoms with Crippen molar-refractivity contribution in [1.82, 2.24) is 21.0 Å². The Bertz CT molecular complexity index is 660. The van der Waals surface area contributed by atoms with Crippen molar-refractivity contribution in [3.63, 3.8) is 0 Å². The summed E-state index contributed by atoms with van der Waals surface area (Å²) in [7, 11) is 0. The number of nitrogens with zero attached hydrogens (tertiary/aromatic N) is 1. The smallest absolute Gasteiger partial charge is 0.273 e. The maximum Gasteiger partial charge on any atom is 0.287 e. The largest absolute Gasteiger partial charge is 0.287 e. The van der Waals surface area contributed by atoms with E-state index in [2.05, 4.69) is 21.0 Å². The van der Waals surface area contributed by atoms with Crippen molar-refractivity contribution in [2.75, 3.05) is 0 Å². The van der Waals surface area contributed by atoms with Gasteiger partial charge >= 0.3 is 0 Å². The first-order valence-electron chi connectivity index (χ1n) is 7.45. The maximum absolute atomic E-state index is 12.0. The molecule has 0 spiro atoms. The molecule has 3 rings (SSSR count). The van der Waals surface area contributed by atoms with Crippen molar-refractivity contribution in [2.24, 2.45) is 5.92 Å². The van der Waals surface area contributed by atoms with E-state index < -0.39 is 5.91 Å². The lowest BCUT2D eigenvalue weighted by atomic mass is 10.1. The molecule has 1 aliphatic carbocycles. The Balaban J connectivity index is 1.59. The van der Waals surface area contributed by atoms with Crippen molar-refractivity contribution >= 4 is 11.8 Å². The van der Waals surface area contributed by atoms with Crippen molar-refractivity contribution in [3.05, 3.63) is 42.1 Å². The summed E-state index contributed by atoms with van der Waals surface area (Å²) in [5.41, 5.74) is 6.84. The van der Waals surface area contributed by atoms with E-state index >= 15 is 0 Å². The van der Waals surface area contributed by atoms with Crippen LogP contribution in [0.2, 0.25) is 0 Å². The molecule has 1 saturated carbocycles. The van der Waals surface area contributed by atoms with Crippen LogP contribution in [0.5, 0.6) is 0 Å². The molecule has 1 heterocycles. The molecule has 22 heavy (non-hydrogen) atoms. The Hall–Kier alpha value is -2.63. The molecule has 0 bridgehead atoms. The molecule has 0 aliphatic heterocycles. The number of amides is 2. The third-order valence-corrected chi connectivity index (χ3v) is 3.92. The normalized spacial score (nSPS) is 14.7. The molecule has 2 aromatic rings. The molecule has 0 radical (unpaired) electrons. The number of H-pyrrole nitrogens is 1. The summed E-state index contributed by atoms with van der Waals surface area (Å²) in [5.74, 6) is -0.503. The monoisotopic (exact) mass is 298 g/mol. The Kier molecular flexibility index (Phi) is 4.18. The van der Waals surface area contributed by atoms with Crippen LogP contribution in [0.25, 0.3) is 11.3 Å². The first-order valence-corrected chi connectivity index (χ1v) is 7.45. The van der Waals surface area contributed by atoms with Gasteiger partial charge in [0.05, 0.1) is 5.69 Å². The van der Waals surface area contributed by atoms with E-state index in [0.29, 0.717) is 11.4 Å². The van der Waals surface area contributed by atoms with Crippen molar-refractivity contribution in [3.8, 4) is 11.3 Å². The minimum atomic E-state index is -0.402. The SMILES string of the molecule is O=C(NNC(=O)C1CCCC1)c1cc(-c2ccccc2)n[nH]1. The van der Waals surface area contributed by atoms with Crippen LogP contribution in [0, 0.1) is 5.92 Å². The topological polar surface area (TPSA) is 86.9 Å². The van der Waals surface area contributed by atoms with Crippen LogP contribution in [-0.2, 0) is 4.79 Å². The summed E-state index contributed by atoms with van der Waals surface area (Å²) in [6.07, 6.45) is 3.94. The van der Waals surface area contributed by atoms with Crippen LogP contribution in [0.1, 0.15) is 36.2 Å². The number of nitrogens with one attached hydrogen (secondary N) is 3. The van der Waals surface area contributed by atoms with Gasteiger partial charge in [0.2, 0.25) is 5.91 Å². The van der Waals surface area contributed by atoms with Crippen molar-refractivity contribution in [1.29, 1.82) is 0 Å². The first-order chi connectivity index (χ1) is 10.7. The van der Waals surface area contributed by atoms with Crippen LogP contribution in [-0.4, -0.2) is 22.0 Å². The van der Waals surface area contributed by atoms with Gasteiger partial charge in [-0.05, 0) is 18.9 Å². The molecule has 1 aromatic carbocycles. The van der Waals surface area contributed by atoms with Gasteiger partial charge in [0.15, 0.2) is 0 Å². The average Bonchev–Trinajstić information content (AvgIpc) is 3.24. The van der Waals surface area contributed by atoms with E-state index in [9.17, 15) is 9.59 Å². The van der Waals surface area contributed by atoms with E-state index in [1.807, 2.05) is 30.3 Å². The second-order valence-electron chi connectivity index (χ2n) is 5.46. The molecule has 114 valence electrons. The highest BCUT2D eigenvalue weighted by Crippen LogP contribution is 2.24. The number of hydrazine groups is 1. The molecular weight excluding hydrogens is 280 g/mol. The number of rotatable bonds is 3. The highest BCUT2D eigenvalue weighted by molar-refractivity contribution is 5.94. The van der Waals surface area contributed by atoms with Gasteiger partial charge in [-0.2, -0.15) is 5.10 Å². The summed E-state index contributed by atoms with van der Waals surface area (Å²) in [6.45, 7) is 0. The fourth-order valence-electron chi connectivity index (χ4n) is 2.67. The highest BCUT2D eigenvalue weighted by Gasteiger charge is 2.23. The Morgan fingerprint density at radius 2 is 1.82 bits per heavy atom. The number of hydrogen-bond acceptors (Lipinski definition) is 3. The maximum atomic E-state index is 12.0. The Morgan fingerprint density at radius 3 is 2.55 bits per heavy atom. The lowest BCUT2D eigenvalue weighted by Gasteiger charge is -2.10. The third kappa shape index (κ3) is 3.16. The molecule has 0 saturated heterocycles. The molecule has 6 nitrogen and oxygen atoms in total. The van der Waals surface area contributed by atoms with Crippen LogP contribution in [0.4, 0.5) is 0 Å². The van der Waals surface area contributed by atoms with Gasteiger partial charge in [0, 0.05) is 11.5 Å². The molecule has 1 aliphatic rings. The quantitative estimate of drug-likeness (QED) is 0.758. The predicted molar refractivity (Wildman–Crippen MR) is 81.6 cm³/mol. The van der Waals surface area contributed by atoms with Gasteiger partial charge < -0.3 is 0 Å². The average molecular weight is 298 g/mol. The van der Waals surface area contributed by atoms with Gasteiger partial charge in [-0.3, -0.25) is 25.5 Å². The Morgan fingerprint density at radius 1 is 1.09 bits per heavy atom. The highest BCUT2D eigenvalue weighted by atomic mass is 16.2. The van der Waals surface area contributed by atoms with Crippen LogP contribution >= 0.6 is 0 Å². The molecule has 0 unspecified atom stereocenters.